The highest BCUT2D eigenvalue weighted by Crippen LogP contribution is 2.52. The van der Waals surface area contributed by atoms with Crippen LogP contribution in [-0.2, 0) is 24.8 Å². The van der Waals surface area contributed by atoms with Gasteiger partial charge in [0.05, 0.1) is 11.9 Å². The molecule has 6 nitrogen and oxygen atoms in total. The van der Waals surface area contributed by atoms with Crippen LogP contribution >= 0.6 is 0 Å². The highest BCUT2D eigenvalue weighted by molar-refractivity contribution is 5.89. The molecule has 0 unspecified atom stereocenters. The monoisotopic (exact) mass is 485 g/mol. The van der Waals surface area contributed by atoms with Crippen molar-refractivity contribution in [3.8, 4) is 11.1 Å². The van der Waals surface area contributed by atoms with Crippen molar-refractivity contribution in [2.75, 3.05) is 33.2 Å². The zero-order valence-electron chi connectivity index (χ0n) is 21.9. The van der Waals surface area contributed by atoms with E-state index in [4.69, 9.17) is 0 Å². The van der Waals surface area contributed by atoms with E-state index in [1.54, 1.807) is 0 Å². The molecule has 0 bridgehead atoms. The normalized spacial score (nSPS) is 21.2. The number of likely N-dealkylation sites (tertiary alicyclic amines) is 2. The van der Waals surface area contributed by atoms with Gasteiger partial charge in [0.25, 0.3) is 0 Å². The van der Waals surface area contributed by atoms with E-state index in [1.165, 1.54) is 75.1 Å². The van der Waals surface area contributed by atoms with Crippen molar-refractivity contribution in [1.82, 2.24) is 24.6 Å². The number of nitrogens with zero attached hydrogens (tertiary/aromatic N) is 5. The number of benzene rings is 1. The summed E-state index contributed by atoms with van der Waals surface area (Å²) in [6, 6.07) is 8.71. The Bertz CT molecular complexity index is 1240. The second-order valence-corrected chi connectivity index (χ2v) is 11.8. The molecule has 6 heteroatoms. The van der Waals surface area contributed by atoms with Crippen LogP contribution in [0.5, 0.6) is 0 Å². The number of fused-ring (bicyclic) bond motifs is 1. The van der Waals surface area contributed by atoms with Crippen molar-refractivity contribution in [2.24, 2.45) is 18.4 Å². The maximum atomic E-state index is 13.1. The minimum absolute atomic E-state index is 0.227. The second-order valence-electron chi connectivity index (χ2n) is 11.8. The quantitative estimate of drug-likeness (QED) is 0.499. The summed E-state index contributed by atoms with van der Waals surface area (Å²) in [5.74, 6) is 0.601. The van der Waals surface area contributed by atoms with E-state index in [0.717, 1.165) is 35.9 Å². The Balaban J connectivity index is 1.17. The summed E-state index contributed by atoms with van der Waals surface area (Å²) in [6.07, 6.45) is 13.0. The van der Waals surface area contributed by atoms with Crippen molar-refractivity contribution in [3.05, 3.63) is 48.0 Å². The number of aromatic nitrogens is 3. The zero-order valence-corrected chi connectivity index (χ0v) is 21.9. The molecule has 4 heterocycles. The number of pyridine rings is 1. The number of hydrogen-bond donors (Lipinski definition) is 0. The minimum atomic E-state index is 0.227. The number of rotatable bonds is 6. The Labute approximate surface area is 214 Å². The van der Waals surface area contributed by atoms with Gasteiger partial charge in [-0.2, -0.15) is 5.10 Å². The van der Waals surface area contributed by atoms with Gasteiger partial charge < -0.3 is 4.90 Å². The number of hydrogen-bond acceptors (Lipinski definition) is 5. The molecule has 2 aromatic heterocycles. The molecule has 1 spiro atoms. The molecular formula is C30H39N5O. The molecule has 2 aliphatic heterocycles. The molecule has 1 saturated carbocycles. The number of ketones is 1. The summed E-state index contributed by atoms with van der Waals surface area (Å²) < 4.78 is 2.03. The van der Waals surface area contributed by atoms with Crippen molar-refractivity contribution < 1.29 is 4.79 Å². The molecule has 1 aromatic carbocycles. The summed E-state index contributed by atoms with van der Waals surface area (Å²) in [7, 11) is 4.25. The molecule has 3 aliphatic rings. The summed E-state index contributed by atoms with van der Waals surface area (Å²) in [4.78, 5) is 22.7. The predicted octanol–water partition coefficient (Wildman–Crippen LogP) is 4.85. The van der Waals surface area contributed by atoms with Crippen LogP contribution in [-0.4, -0.2) is 63.6 Å². The van der Waals surface area contributed by atoms with Gasteiger partial charge in [-0.15, -0.1) is 0 Å². The molecule has 36 heavy (non-hydrogen) atoms. The fraction of sp³-hybridized carbons (Fsp3) is 0.567. The lowest BCUT2D eigenvalue weighted by atomic mass is 9.56. The fourth-order valence-electron chi connectivity index (χ4n) is 6.71. The van der Waals surface area contributed by atoms with E-state index in [9.17, 15) is 4.79 Å². The van der Waals surface area contributed by atoms with Crippen LogP contribution in [0.15, 0.2) is 36.7 Å². The summed E-state index contributed by atoms with van der Waals surface area (Å²) >= 11 is 0. The van der Waals surface area contributed by atoms with Gasteiger partial charge >= 0.3 is 0 Å². The Morgan fingerprint density at radius 1 is 0.972 bits per heavy atom. The number of piperidine rings is 2. The third-order valence-electron chi connectivity index (χ3n) is 9.19. The lowest BCUT2D eigenvalue weighted by Gasteiger charge is -2.51. The van der Waals surface area contributed by atoms with Crippen LogP contribution in [0.25, 0.3) is 21.9 Å². The SMILES string of the molecule is CN1CCC2(CC1)CC(C(=O)Cc1cc3cc(-c4cnn(C)c4CN4CCCCC4)ccc3cn1)C2. The summed E-state index contributed by atoms with van der Waals surface area (Å²) in [5, 5.41) is 6.87. The van der Waals surface area contributed by atoms with Crippen LogP contribution in [0.3, 0.4) is 0 Å². The molecule has 0 radical (unpaired) electrons. The number of aryl methyl sites for hydroxylation is 1. The molecule has 2 saturated heterocycles. The van der Waals surface area contributed by atoms with Crippen LogP contribution in [0, 0.1) is 11.3 Å². The first-order valence-electron chi connectivity index (χ1n) is 13.8. The first-order chi connectivity index (χ1) is 17.5. The van der Waals surface area contributed by atoms with Gasteiger partial charge in [-0.3, -0.25) is 19.4 Å². The van der Waals surface area contributed by atoms with Gasteiger partial charge in [0, 0.05) is 48.8 Å². The van der Waals surface area contributed by atoms with E-state index in [-0.39, 0.29) is 5.92 Å². The molecule has 3 aromatic rings. The van der Waals surface area contributed by atoms with Crippen LogP contribution < -0.4 is 0 Å². The molecule has 0 amide bonds. The number of Topliss-reactive ketones (excluding diaryl/α,β-unsaturated/α-hetero) is 1. The Morgan fingerprint density at radius 3 is 2.53 bits per heavy atom. The summed E-state index contributed by atoms with van der Waals surface area (Å²) in [6.45, 7) is 5.63. The molecule has 6 rings (SSSR count). The maximum absolute atomic E-state index is 13.1. The average Bonchev–Trinajstić information content (AvgIpc) is 3.23. The van der Waals surface area contributed by atoms with Crippen molar-refractivity contribution in [2.45, 2.75) is 57.9 Å². The molecule has 0 atom stereocenters. The van der Waals surface area contributed by atoms with Gasteiger partial charge in [0.1, 0.15) is 5.78 Å². The topological polar surface area (TPSA) is 54.3 Å². The third kappa shape index (κ3) is 4.73. The van der Waals surface area contributed by atoms with Crippen LogP contribution in [0.1, 0.15) is 56.3 Å². The zero-order chi connectivity index (χ0) is 24.7. The molecular weight excluding hydrogens is 446 g/mol. The molecule has 3 fully saturated rings. The first kappa shape index (κ1) is 23.8. The number of carbonyl (C=O) groups excluding carboxylic acids is 1. The summed E-state index contributed by atoms with van der Waals surface area (Å²) in [5.41, 5.74) is 5.00. The third-order valence-corrected chi connectivity index (χ3v) is 9.19. The maximum Gasteiger partial charge on any atom is 0.141 e. The Kier molecular flexibility index (Phi) is 6.42. The van der Waals surface area contributed by atoms with Gasteiger partial charge in [0.15, 0.2) is 0 Å². The molecule has 1 aliphatic carbocycles. The number of carbonyl (C=O) groups is 1. The lowest BCUT2D eigenvalue weighted by molar-refractivity contribution is -0.131. The van der Waals surface area contributed by atoms with E-state index in [0.29, 0.717) is 17.6 Å². The molecule has 190 valence electrons. The molecule has 0 N–H and O–H groups in total. The first-order valence-corrected chi connectivity index (χ1v) is 13.8. The van der Waals surface area contributed by atoms with E-state index >= 15 is 0 Å². The Morgan fingerprint density at radius 2 is 1.75 bits per heavy atom. The van der Waals surface area contributed by atoms with Crippen molar-refractivity contribution >= 4 is 16.6 Å². The van der Waals surface area contributed by atoms with Crippen LogP contribution in [0.2, 0.25) is 0 Å². The minimum Gasteiger partial charge on any atom is -0.306 e. The second kappa shape index (κ2) is 9.71. The van der Waals surface area contributed by atoms with Gasteiger partial charge in [-0.25, -0.2) is 0 Å². The van der Waals surface area contributed by atoms with E-state index in [2.05, 4.69) is 51.2 Å². The van der Waals surface area contributed by atoms with E-state index < -0.39 is 0 Å². The lowest BCUT2D eigenvalue weighted by Crippen LogP contribution is -2.48. The fourth-order valence-corrected chi connectivity index (χ4v) is 6.71. The van der Waals surface area contributed by atoms with Crippen molar-refractivity contribution in [3.63, 3.8) is 0 Å². The van der Waals surface area contributed by atoms with E-state index in [1.807, 2.05) is 24.1 Å². The smallest absolute Gasteiger partial charge is 0.141 e. The van der Waals surface area contributed by atoms with Crippen LogP contribution in [0.4, 0.5) is 0 Å². The average molecular weight is 486 g/mol. The predicted molar refractivity (Wildman–Crippen MR) is 144 cm³/mol. The largest absolute Gasteiger partial charge is 0.306 e. The van der Waals surface area contributed by atoms with Gasteiger partial charge in [-0.05, 0) is 100 Å². The highest BCUT2D eigenvalue weighted by atomic mass is 16.1. The van der Waals surface area contributed by atoms with Gasteiger partial charge in [-0.1, -0.05) is 18.6 Å². The highest BCUT2D eigenvalue weighted by Gasteiger charge is 2.47. The standard InChI is InChI=1S/C30H39N5O/c1-33-12-8-30(9-13-33)17-25(18-30)29(36)16-26-15-24-14-22(6-7-23(24)19-31-26)27-20-32-34(2)28(27)21-35-10-4-3-5-11-35/h6-7,14-15,19-20,25H,3-5,8-13,16-18,21H2,1-2H3. The Hall–Kier alpha value is -2.57. The van der Waals surface area contributed by atoms with Gasteiger partial charge in [0.2, 0.25) is 0 Å². The van der Waals surface area contributed by atoms with Crippen molar-refractivity contribution in [1.29, 1.82) is 0 Å².